The molecule has 0 aromatic rings. The first-order valence-electron chi connectivity index (χ1n) is 2.96. The van der Waals surface area contributed by atoms with Gasteiger partial charge in [-0.2, -0.15) is 0 Å². The molecular weight excluding hydrogens is 120 g/mol. The summed E-state index contributed by atoms with van der Waals surface area (Å²) in [6.45, 7) is 0. The molecule has 0 bridgehead atoms. The first-order valence-corrected chi connectivity index (χ1v) is 2.96. The van der Waals surface area contributed by atoms with Crippen LogP contribution in [0.2, 0.25) is 0 Å². The van der Waals surface area contributed by atoms with Gasteiger partial charge in [0.05, 0.1) is 0 Å². The minimum Gasteiger partial charge on any atom is -0.356 e. The van der Waals surface area contributed by atoms with Crippen molar-refractivity contribution in [1.82, 2.24) is 10.8 Å². The van der Waals surface area contributed by atoms with Crippen molar-refractivity contribution in [2.75, 3.05) is 0 Å². The van der Waals surface area contributed by atoms with Crippen LogP contribution in [0, 0.1) is 0 Å². The highest BCUT2D eigenvalue weighted by Crippen LogP contribution is 2.18. The summed E-state index contributed by atoms with van der Waals surface area (Å²) in [5.74, 6) is 0. The van der Waals surface area contributed by atoms with E-state index in [1.807, 2.05) is 0 Å². The summed E-state index contributed by atoms with van der Waals surface area (Å²) in [6.07, 6.45) is 2.35. The molecule has 1 aliphatic rings. The molecule has 0 radical (unpaired) electrons. The van der Waals surface area contributed by atoms with Crippen LogP contribution >= 0.6 is 0 Å². The zero-order chi connectivity index (χ0) is 6.69. The number of carbonyl (C=O) groups is 1. The van der Waals surface area contributed by atoms with Gasteiger partial charge in [-0.25, -0.2) is 5.48 Å². The molecule has 1 saturated carbocycles. The van der Waals surface area contributed by atoms with E-state index in [4.69, 9.17) is 5.21 Å². The van der Waals surface area contributed by atoms with Crippen molar-refractivity contribution >= 4 is 6.41 Å². The average molecular weight is 130 g/mol. The normalized spacial score (nSPS) is 33.0. The molecule has 3 N–H and O–H groups in total. The number of rotatable bonds is 3. The molecule has 0 heterocycles. The lowest BCUT2D eigenvalue weighted by molar-refractivity contribution is -0.111. The van der Waals surface area contributed by atoms with E-state index < -0.39 is 0 Å². The predicted molar refractivity (Wildman–Crippen MR) is 30.9 cm³/mol. The Bertz CT molecular complexity index is 101. The second-order valence-electron chi connectivity index (χ2n) is 2.28. The zero-order valence-electron chi connectivity index (χ0n) is 5.00. The van der Waals surface area contributed by atoms with Crippen LogP contribution in [-0.2, 0) is 4.79 Å². The highest BCUT2D eigenvalue weighted by Gasteiger charge is 2.27. The van der Waals surface area contributed by atoms with Gasteiger partial charge < -0.3 is 10.5 Å². The third-order valence-corrected chi connectivity index (χ3v) is 1.62. The highest BCUT2D eigenvalue weighted by atomic mass is 16.5. The Morgan fingerprint density at radius 1 is 1.44 bits per heavy atom. The molecule has 0 aromatic carbocycles. The van der Waals surface area contributed by atoms with E-state index in [-0.39, 0.29) is 12.1 Å². The van der Waals surface area contributed by atoms with Crippen molar-refractivity contribution in [3.05, 3.63) is 0 Å². The van der Waals surface area contributed by atoms with E-state index in [1.54, 1.807) is 0 Å². The third-order valence-electron chi connectivity index (χ3n) is 1.62. The number of carbonyl (C=O) groups excluding carboxylic acids is 1. The highest BCUT2D eigenvalue weighted by molar-refractivity contribution is 5.47. The molecule has 1 rings (SSSR count). The molecule has 1 fully saturated rings. The molecule has 52 valence electrons. The Labute approximate surface area is 53.2 Å². The van der Waals surface area contributed by atoms with Crippen molar-refractivity contribution in [1.29, 1.82) is 0 Å². The molecule has 0 spiro atoms. The van der Waals surface area contributed by atoms with Gasteiger partial charge in [0.15, 0.2) is 0 Å². The Balaban J connectivity index is 2.04. The molecule has 1 aliphatic carbocycles. The van der Waals surface area contributed by atoms with Gasteiger partial charge >= 0.3 is 0 Å². The average Bonchev–Trinajstić information content (AvgIpc) is 1.77. The van der Waals surface area contributed by atoms with Crippen LogP contribution in [0.1, 0.15) is 12.8 Å². The number of hydrogen-bond donors (Lipinski definition) is 3. The smallest absolute Gasteiger partial charge is 0.207 e. The van der Waals surface area contributed by atoms with Crippen LogP contribution < -0.4 is 10.8 Å². The minimum absolute atomic E-state index is 0.183. The molecule has 0 saturated heterocycles. The molecule has 0 unspecified atom stereocenters. The Hall–Kier alpha value is -0.610. The monoisotopic (exact) mass is 130 g/mol. The summed E-state index contributed by atoms with van der Waals surface area (Å²) >= 11 is 0. The van der Waals surface area contributed by atoms with Gasteiger partial charge in [0.1, 0.15) is 0 Å². The van der Waals surface area contributed by atoms with E-state index in [9.17, 15) is 4.79 Å². The predicted octanol–water partition coefficient (Wildman–Crippen LogP) is -0.758. The number of amides is 1. The standard InChI is InChI=1S/C5H10N2O2/c8-3-6-4-1-5(2-4)7-9/h3-5,7,9H,1-2H2,(H,6,8). The quantitative estimate of drug-likeness (QED) is 0.347. The van der Waals surface area contributed by atoms with E-state index in [2.05, 4.69) is 10.8 Å². The number of hydrogen-bond acceptors (Lipinski definition) is 3. The fourth-order valence-electron chi connectivity index (χ4n) is 0.956. The van der Waals surface area contributed by atoms with Crippen LogP contribution in [0.5, 0.6) is 0 Å². The van der Waals surface area contributed by atoms with Gasteiger partial charge in [-0.15, -0.1) is 0 Å². The lowest BCUT2D eigenvalue weighted by Gasteiger charge is -2.33. The van der Waals surface area contributed by atoms with Gasteiger partial charge in [0.25, 0.3) is 0 Å². The molecule has 0 aliphatic heterocycles. The van der Waals surface area contributed by atoms with Gasteiger partial charge in [-0.1, -0.05) is 0 Å². The van der Waals surface area contributed by atoms with Crippen LogP contribution in [0.15, 0.2) is 0 Å². The minimum atomic E-state index is 0.183. The fraction of sp³-hybridized carbons (Fsp3) is 0.800. The van der Waals surface area contributed by atoms with Crippen molar-refractivity contribution in [2.45, 2.75) is 24.9 Å². The lowest BCUT2D eigenvalue weighted by Crippen LogP contribution is -2.49. The maximum absolute atomic E-state index is 9.81. The van der Waals surface area contributed by atoms with E-state index in [0.717, 1.165) is 12.8 Å². The Morgan fingerprint density at radius 3 is 2.56 bits per heavy atom. The largest absolute Gasteiger partial charge is 0.356 e. The summed E-state index contributed by atoms with van der Waals surface area (Å²) < 4.78 is 0. The van der Waals surface area contributed by atoms with Crippen molar-refractivity contribution < 1.29 is 10.0 Å². The van der Waals surface area contributed by atoms with E-state index >= 15 is 0 Å². The van der Waals surface area contributed by atoms with E-state index in [0.29, 0.717) is 6.41 Å². The van der Waals surface area contributed by atoms with E-state index in [1.165, 1.54) is 0 Å². The third kappa shape index (κ3) is 1.40. The summed E-state index contributed by atoms with van der Waals surface area (Å²) in [6, 6.07) is 0.453. The summed E-state index contributed by atoms with van der Waals surface area (Å²) in [7, 11) is 0. The van der Waals surface area contributed by atoms with Crippen molar-refractivity contribution in [3.63, 3.8) is 0 Å². The van der Waals surface area contributed by atoms with Crippen LogP contribution in [0.3, 0.4) is 0 Å². The molecule has 9 heavy (non-hydrogen) atoms. The van der Waals surface area contributed by atoms with Crippen LogP contribution in [-0.4, -0.2) is 23.7 Å². The SMILES string of the molecule is O=CNC1CC(NO)C1. The van der Waals surface area contributed by atoms with Crippen LogP contribution in [0.4, 0.5) is 0 Å². The molecule has 0 aromatic heterocycles. The lowest BCUT2D eigenvalue weighted by atomic mass is 9.88. The molecule has 4 nitrogen and oxygen atoms in total. The summed E-state index contributed by atoms with van der Waals surface area (Å²) in [5.41, 5.74) is 2.13. The first-order chi connectivity index (χ1) is 4.36. The fourth-order valence-corrected chi connectivity index (χ4v) is 0.956. The summed E-state index contributed by atoms with van der Waals surface area (Å²) in [4.78, 5) is 9.81. The molecule has 0 atom stereocenters. The first kappa shape index (κ1) is 6.51. The number of hydroxylamine groups is 1. The van der Waals surface area contributed by atoms with Gasteiger partial charge in [0, 0.05) is 12.1 Å². The van der Waals surface area contributed by atoms with Gasteiger partial charge in [0.2, 0.25) is 6.41 Å². The molecular formula is C5H10N2O2. The molecule has 1 amide bonds. The van der Waals surface area contributed by atoms with Crippen LogP contribution in [0.25, 0.3) is 0 Å². The second kappa shape index (κ2) is 2.80. The second-order valence-corrected chi connectivity index (χ2v) is 2.28. The van der Waals surface area contributed by atoms with Crippen molar-refractivity contribution in [2.24, 2.45) is 0 Å². The van der Waals surface area contributed by atoms with Gasteiger partial charge in [-0.3, -0.25) is 4.79 Å². The maximum atomic E-state index is 9.81. The van der Waals surface area contributed by atoms with Crippen molar-refractivity contribution in [3.8, 4) is 0 Å². The Kier molecular flexibility index (Phi) is 2.02. The maximum Gasteiger partial charge on any atom is 0.207 e. The number of nitrogens with one attached hydrogen (secondary N) is 2. The Morgan fingerprint density at radius 2 is 2.11 bits per heavy atom. The zero-order valence-corrected chi connectivity index (χ0v) is 5.00. The van der Waals surface area contributed by atoms with Gasteiger partial charge in [-0.05, 0) is 12.8 Å². The molecule has 4 heteroatoms. The topological polar surface area (TPSA) is 61.4 Å². The summed E-state index contributed by atoms with van der Waals surface area (Å²) in [5, 5.41) is 10.9.